The smallest absolute Gasteiger partial charge is 0.416 e. The molecular formula is C26H26F3NO4. The molecule has 0 amide bonds. The summed E-state index contributed by atoms with van der Waals surface area (Å²) >= 11 is 0. The van der Waals surface area contributed by atoms with Gasteiger partial charge < -0.3 is 14.6 Å². The van der Waals surface area contributed by atoms with E-state index in [0.29, 0.717) is 36.6 Å². The number of carboxylic acids is 1. The van der Waals surface area contributed by atoms with E-state index in [1.807, 2.05) is 26.0 Å². The molecule has 0 radical (unpaired) electrons. The summed E-state index contributed by atoms with van der Waals surface area (Å²) in [5.41, 5.74) is 1.81. The molecule has 180 valence electrons. The molecule has 0 aliphatic rings. The molecule has 0 fully saturated rings. The summed E-state index contributed by atoms with van der Waals surface area (Å²) < 4.78 is 51.5. The predicted octanol–water partition coefficient (Wildman–Crippen LogP) is 6.33. The highest BCUT2D eigenvalue weighted by atomic mass is 19.4. The Hall–Kier alpha value is -3.55. The molecule has 0 aliphatic heterocycles. The first-order valence-electron chi connectivity index (χ1n) is 10.9. The van der Waals surface area contributed by atoms with E-state index in [0.717, 1.165) is 23.3 Å². The van der Waals surface area contributed by atoms with Crippen LogP contribution in [0.1, 0.15) is 36.5 Å². The molecule has 1 aromatic heterocycles. The van der Waals surface area contributed by atoms with E-state index in [4.69, 9.17) is 14.6 Å². The molecule has 3 aromatic rings. The maximum Gasteiger partial charge on any atom is 0.416 e. The second kappa shape index (κ2) is 11.0. The summed E-state index contributed by atoms with van der Waals surface area (Å²) in [4.78, 5) is 14.9. The average molecular weight is 473 g/mol. The zero-order valence-electron chi connectivity index (χ0n) is 18.9. The third-order valence-corrected chi connectivity index (χ3v) is 5.29. The van der Waals surface area contributed by atoms with Crippen LogP contribution in [0, 0.1) is 6.92 Å². The molecule has 0 bridgehead atoms. The molecule has 0 saturated carbocycles. The molecule has 1 heterocycles. The van der Waals surface area contributed by atoms with Crippen molar-refractivity contribution in [3.05, 3.63) is 77.5 Å². The van der Waals surface area contributed by atoms with Crippen molar-refractivity contribution in [1.82, 2.24) is 4.98 Å². The maximum absolute atomic E-state index is 13.2. The van der Waals surface area contributed by atoms with Gasteiger partial charge in [0.15, 0.2) is 0 Å². The summed E-state index contributed by atoms with van der Waals surface area (Å²) in [6.07, 6.45) is -2.25. The Labute approximate surface area is 196 Å². The van der Waals surface area contributed by atoms with Gasteiger partial charge in [-0.15, -0.1) is 0 Å². The lowest BCUT2D eigenvalue weighted by molar-refractivity contribution is -0.138. The standard InChI is InChI=1S/C26H26F3NO4/c1-17-15-21(9-6-19(17)7-11-25(31)32)33-14-12-18(2)34-24-10-8-20(26(27,28)29)16-22(24)23-5-3-4-13-30-23/h3-6,8-10,13,15-16,18H,7,11-12,14H2,1-2H3,(H,31,32)/t18-/m1/s1. The van der Waals surface area contributed by atoms with E-state index < -0.39 is 17.7 Å². The molecule has 0 unspecified atom stereocenters. The van der Waals surface area contributed by atoms with E-state index in [2.05, 4.69) is 4.98 Å². The van der Waals surface area contributed by atoms with Crippen molar-refractivity contribution >= 4 is 5.97 Å². The third kappa shape index (κ3) is 6.97. The van der Waals surface area contributed by atoms with Crippen LogP contribution in [0.2, 0.25) is 0 Å². The van der Waals surface area contributed by atoms with Gasteiger partial charge >= 0.3 is 12.1 Å². The number of benzene rings is 2. The number of carboxylic acid groups (broad SMARTS) is 1. The normalized spacial score (nSPS) is 12.3. The Balaban J connectivity index is 1.63. The Bertz CT molecular complexity index is 1120. The minimum atomic E-state index is -4.47. The average Bonchev–Trinajstić information content (AvgIpc) is 2.78. The van der Waals surface area contributed by atoms with Crippen molar-refractivity contribution < 1.29 is 32.5 Å². The van der Waals surface area contributed by atoms with Gasteiger partial charge in [0, 0.05) is 24.6 Å². The molecule has 1 N–H and O–H groups in total. The fourth-order valence-electron chi connectivity index (χ4n) is 3.43. The number of nitrogens with zero attached hydrogens (tertiary/aromatic N) is 1. The lowest BCUT2D eigenvalue weighted by Crippen LogP contribution is -2.17. The third-order valence-electron chi connectivity index (χ3n) is 5.29. The topological polar surface area (TPSA) is 68.7 Å². The first-order chi connectivity index (χ1) is 16.1. The van der Waals surface area contributed by atoms with Crippen LogP contribution in [0.25, 0.3) is 11.3 Å². The number of hydrogen-bond acceptors (Lipinski definition) is 4. The number of hydrogen-bond donors (Lipinski definition) is 1. The molecule has 0 aliphatic carbocycles. The van der Waals surface area contributed by atoms with E-state index >= 15 is 0 Å². The summed E-state index contributed by atoms with van der Waals surface area (Å²) in [6.45, 7) is 4.07. The summed E-state index contributed by atoms with van der Waals surface area (Å²) in [5, 5.41) is 8.84. The number of aryl methyl sites for hydroxylation is 2. The van der Waals surface area contributed by atoms with Crippen LogP contribution in [0.15, 0.2) is 60.8 Å². The van der Waals surface area contributed by atoms with Gasteiger partial charge in [-0.2, -0.15) is 13.2 Å². The number of aromatic nitrogens is 1. The quantitative estimate of drug-likeness (QED) is 0.373. The van der Waals surface area contributed by atoms with Gasteiger partial charge in [-0.05, 0) is 73.9 Å². The zero-order valence-corrected chi connectivity index (χ0v) is 18.9. The summed E-state index contributed by atoms with van der Waals surface area (Å²) in [6, 6.07) is 13.9. The Morgan fingerprint density at radius 3 is 2.56 bits per heavy atom. The number of carbonyl (C=O) groups is 1. The van der Waals surface area contributed by atoms with Crippen LogP contribution in [0.5, 0.6) is 11.5 Å². The second-order valence-corrected chi connectivity index (χ2v) is 7.97. The highest BCUT2D eigenvalue weighted by Crippen LogP contribution is 2.37. The number of rotatable bonds is 10. The monoisotopic (exact) mass is 473 g/mol. The maximum atomic E-state index is 13.2. The SMILES string of the molecule is Cc1cc(OCC[C@@H](C)Oc2ccc(C(F)(F)F)cc2-c2ccccn2)ccc1CCC(=O)O. The first-order valence-corrected chi connectivity index (χ1v) is 10.9. The van der Waals surface area contributed by atoms with Gasteiger partial charge in [-0.25, -0.2) is 0 Å². The molecule has 1 atom stereocenters. The second-order valence-electron chi connectivity index (χ2n) is 7.97. The highest BCUT2D eigenvalue weighted by molar-refractivity contribution is 5.68. The Morgan fingerprint density at radius 1 is 1.12 bits per heavy atom. The zero-order chi connectivity index (χ0) is 24.7. The fourth-order valence-corrected chi connectivity index (χ4v) is 3.43. The number of aliphatic carboxylic acids is 1. The van der Waals surface area contributed by atoms with E-state index in [1.54, 1.807) is 24.3 Å². The minimum absolute atomic E-state index is 0.0698. The molecule has 3 rings (SSSR count). The van der Waals surface area contributed by atoms with Crippen LogP contribution in [-0.4, -0.2) is 28.8 Å². The van der Waals surface area contributed by atoms with E-state index in [9.17, 15) is 18.0 Å². The molecule has 8 heteroatoms. The van der Waals surface area contributed by atoms with Crippen molar-refractivity contribution in [3.8, 4) is 22.8 Å². The van der Waals surface area contributed by atoms with Crippen molar-refractivity contribution in [2.75, 3.05) is 6.61 Å². The van der Waals surface area contributed by atoms with Gasteiger partial charge in [0.1, 0.15) is 11.5 Å². The number of alkyl halides is 3. The lowest BCUT2D eigenvalue weighted by Gasteiger charge is -2.19. The van der Waals surface area contributed by atoms with Crippen molar-refractivity contribution in [3.63, 3.8) is 0 Å². The largest absolute Gasteiger partial charge is 0.493 e. The number of ether oxygens (including phenoxy) is 2. The summed E-state index contributed by atoms with van der Waals surface area (Å²) in [7, 11) is 0. The molecule has 5 nitrogen and oxygen atoms in total. The van der Waals surface area contributed by atoms with Gasteiger partial charge in [-0.3, -0.25) is 9.78 Å². The lowest BCUT2D eigenvalue weighted by atomic mass is 10.0. The van der Waals surface area contributed by atoms with Gasteiger partial charge in [0.2, 0.25) is 0 Å². The molecule has 2 aromatic carbocycles. The van der Waals surface area contributed by atoms with Crippen LogP contribution < -0.4 is 9.47 Å². The Morgan fingerprint density at radius 2 is 1.91 bits per heavy atom. The van der Waals surface area contributed by atoms with Gasteiger partial charge in [-0.1, -0.05) is 12.1 Å². The predicted molar refractivity (Wildman–Crippen MR) is 122 cm³/mol. The molecule has 0 saturated heterocycles. The number of pyridine rings is 1. The van der Waals surface area contributed by atoms with Crippen molar-refractivity contribution in [2.45, 2.75) is 45.4 Å². The Kier molecular flexibility index (Phi) is 8.15. The van der Waals surface area contributed by atoms with E-state index in [-0.39, 0.29) is 18.1 Å². The van der Waals surface area contributed by atoms with Crippen LogP contribution in [0.3, 0.4) is 0 Å². The van der Waals surface area contributed by atoms with Gasteiger partial charge in [0.25, 0.3) is 0 Å². The first kappa shape index (κ1) is 25.1. The van der Waals surface area contributed by atoms with Crippen molar-refractivity contribution in [1.29, 1.82) is 0 Å². The summed E-state index contributed by atoms with van der Waals surface area (Å²) in [5.74, 6) is 0.137. The van der Waals surface area contributed by atoms with E-state index in [1.165, 1.54) is 12.3 Å². The fraction of sp³-hybridized carbons (Fsp3) is 0.308. The molecular weight excluding hydrogens is 447 g/mol. The molecule has 34 heavy (non-hydrogen) atoms. The van der Waals surface area contributed by atoms with Crippen LogP contribution >= 0.6 is 0 Å². The van der Waals surface area contributed by atoms with Crippen molar-refractivity contribution in [2.24, 2.45) is 0 Å². The molecule has 0 spiro atoms. The highest BCUT2D eigenvalue weighted by Gasteiger charge is 2.31. The van der Waals surface area contributed by atoms with Gasteiger partial charge in [0.05, 0.1) is 24.0 Å². The minimum Gasteiger partial charge on any atom is -0.493 e. The van der Waals surface area contributed by atoms with Crippen LogP contribution in [0.4, 0.5) is 13.2 Å². The number of halogens is 3. The van der Waals surface area contributed by atoms with Crippen LogP contribution in [-0.2, 0) is 17.4 Å².